The number of nitrogens with zero attached hydrogens (tertiary/aromatic N) is 2. The molecule has 2 aliphatic heterocycles. The molecule has 0 spiro atoms. The Hall–Kier alpha value is -1.30. The minimum absolute atomic E-state index is 0.233. The highest BCUT2D eigenvalue weighted by Gasteiger charge is 2.26. The number of ether oxygens (including phenoxy) is 1. The summed E-state index contributed by atoms with van der Waals surface area (Å²) in [5.41, 5.74) is 0. The number of likely N-dealkylation sites (tertiary alicyclic amines) is 1. The van der Waals surface area contributed by atoms with E-state index < -0.39 is 0 Å². The summed E-state index contributed by atoms with van der Waals surface area (Å²) in [7, 11) is 1.77. The second-order valence-corrected chi connectivity index (χ2v) is 5.41. The zero-order chi connectivity index (χ0) is 14.4. The highest BCUT2D eigenvalue weighted by molar-refractivity contribution is 5.80. The first-order valence-electron chi connectivity index (χ1n) is 7.59. The second kappa shape index (κ2) is 7.47. The normalized spacial score (nSPS) is 26.9. The number of hydrogen-bond acceptors (Lipinski definition) is 3. The molecule has 0 aromatic heterocycles. The van der Waals surface area contributed by atoms with E-state index in [1.807, 2.05) is 11.8 Å². The van der Waals surface area contributed by atoms with Crippen molar-refractivity contribution < 1.29 is 9.53 Å². The zero-order valence-corrected chi connectivity index (χ0v) is 12.5. The second-order valence-electron chi connectivity index (χ2n) is 5.41. The zero-order valence-electron chi connectivity index (χ0n) is 12.5. The molecule has 2 unspecified atom stereocenters. The molecule has 0 aromatic carbocycles. The van der Waals surface area contributed by atoms with Crippen molar-refractivity contribution in [2.75, 3.05) is 33.3 Å². The Labute approximate surface area is 121 Å². The van der Waals surface area contributed by atoms with Crippen LogP contribution in [0.1, 0.15) is 32.6 Å². The third kappa shape index (κ3) is 4.10. The minimum atomic E-state index is 0.233. The topological polar surface area (TPSA) is 66.0 Å². The summed E-state index contributed by atoms with van der Waals surface area (Å²) in [6, 6.07) is 0.293. The Morgan fingerprint density at radius 1 is 1.45 bits per heavy atom. The molecule has 2 aliphatic rings. The molecule has 0 saturated carbocycles. The Morgan fingerprint density at radius 2 is 2.30 bits per heavy atom. The lowest BCUT2D eigenvalue weighted by Gasteiger charge is -2.19. The van der Waals surface area contributed by atoms with Gasteiger partial charge in [-0.05, 0) is 19.3 Å². The minimum Gasteiger partial charge on any atom is -0.376 e. The Morgan fingerprint density at radius 3 is 2.95 bits per heavy atom. The van der Waals surface area contributed by atoms with Crippen LogP contribution in [-0.2, 0) is 9.53 Å². The molecular weight excluding hydrogens is 256 g/mol. The van der Waals surface area contributed by atoms with Crippen LogP contribution in [0.5, 0.6) is 0 Å². The van der Waals surface area contributed by atoms with Crippen molar-refractivity contribution in [2.24, 2.45) is 4.99 Å². The van der Waals surface area contributed by atoms with Crippen LogP contribution in [0.25, 0.3) is 0 Å². The number of carbonyl (C=O) groups excluding carboxylic acids is 1. The van der Waals surface area contributed by atoms with E-state index in [-0.39, 0.29) is 5.91 Å². The molecule has 1 amide bonds. The first-order valence-corrected chi connectivity index (χ1v) is 7.59. The van der Waals surface area contributed by atoms with Crippen molar-refractivity contribution in [2.45, 2.75) is 44.8 Å². The lowest BCUT2D eigenvalue weighted by atomic mass is 10.2. The molecule has 2 rings (SSSR count). The van der Waals surface area contributed by atoms with Crippen LogP contribution in [0, 0.1) is 0 Å². The molecule has 2 fully saturated rings. The number of guanidine groups is 1. The van der Waals surface area contributed by atoms with E-state index in [4.69, 9.17) is 4.74 Å². The van der Waals surface area contributed by atoms with E-state index in [9.17, 15) is 4.79 Å². The van der Waals surface area contributed by atoms with Gasteiger partial charge < -0.3 is 20.3 Å². The Kier molecular flexibility index (Phi) is 5.64. The molecule has 114 valence electrons. The fraction of sp³-hybridized carbons (Fsp3) is 0.857. The van der Waals surface area contributed by atoms with Crippen LogP contribution >= 0.6 is 0 Å². The quantitative estimate of drug-likeness (QED) is 0.576. The summed E-state index contributed by atoms with van der Waals surface area (Å²) in [4.78, 5) is 17.8. The van der Waals surface area contributed by atoms with Gasteiger partial charge in [-0.15, -0.1) is 0 Å². The number of amides is 1. The number of carbonyl (C=O) groups is 1. The maximum absolute atomic E-state index is 11.7. The van der Waals surface area contributed by atoms with Crippen molar-refractivity contribution >= 4 is 11.9 Å². The largest absolute Gasteiger partial charge is 0.376 e. The Balaban J connectivity index is 1.72. The molecule has 0 aliphatic carbocycles. The van der Waals surface area contributed by atoms with Crippen LogP contribution in [0.4, 0.5) is 0 Å². The highest BCUT2D eigenvalue weighted by Crippen LogP contribution is 2.11. The number of rotatable bonds is 4. The number of nitrogens with one attached hydrogen (secondary N) is 2. The van der Waals surface area contributed by atoms with Crippen molar-refractivity contribution in [1.29, 1.82) is 0 Å². The van der Waals surface area contributed by atoms with Gasteiger partial charge in [0.15, 0.2) is 5.96 Å². The van der Waals surface area contributed by atoms with E-state index in [1.54, 1.807) is 7.05 Å². The molecule has 2 saturated heterocycles. The fourth-order valence-electron chi connectivity index (χ4n) is 2.73. The van der Waals surface area contributed by atoms with E-state index in [0.717, 1.165) is 51.5 Å². The molecule has 0 radical (unpaired) electrons. The van der Waals surface area contributed by atoms with Gasteiger partial charge in [0.2, 0.25) is 5.91 Å². The highest BCUT2D eigenvalue weighted by atomic mass is 16.5. The molecular formula is C14H26N4O2. The van der Waals surface area contributed by atoms with Crippen LogP contribution in [0.15, 0.2) is 4.99 Å². The van der Waals surface area contributed by atoms with Crippen molar-refractivity contribution in [3.05, 3.63) is 0 Å². The molecule has 0 bridgehead atoms. The average Bonchev–Trinajstić information content (AvgIpc) is 3.13. The number of aliphatic imine (C=N–C) groups is 1. The average molecular weight is 282 g/mol. The predicted octanol–water partition coefficient (Wildman–Crippen LogP) is 0.341. The van der Waals surface area contributed by atoms with Gasteiger partial charge in [-0.1, -0.05) is 6.92 Å². The van der Waals surface area contributed by atoms with Crippen LogP contribution in [0.3, 0.4) is 0 Å². The third-order valence-electron chi connectivity index (χ3n) is 3.93. The van der Waals surface area contributed by atoms with E-state index in [2.05, 4.69) is 15.6 Å². The van der Waals surface area contributed by atoms with E-state index in [0.29, 0.717) is 18.6 Å². The summed E-state index contributed by atoms with van der Waals surface area (Å²) >= 11 is 0. The van der Waals surface area contributed by atoms with Gasteiger partial charge in [-0.3, -0.25) is 9.79 Å². The van der Waals surface area contributed by atoms with Gasteiger partial charge in [0.05, 0.1) is 6.10 Å². The predicted molar refractivity (Wildman–Crippen MR) is 78.7 cm³/mol. The van der Waals surface area contributed by atoms with Gasteiger partial charge in [-0.25, -0.2) is 0 Å². The molecule has 6 nitrogen and oxygen atoms in total. The van der Waals surface area contributed by atoms with Gasteiger partial charge in [0, 0.05) is 45.8 Å². The Bertz CT molecular complexity index is 353. The van der Waals surface area contributed by atoms with Crippen LogP contribution in [0.2, 0.25) is 0 Å². The van der Waals surface area contributed by atoms with Crippen LogP contribution in [-0.4, -0.2) is 62.2 Å². The monoisotopic (exact) mass is 282 g/mol. The van der Waals surface area contributed by atoms with Gasteiger partial charge >= 0.3 is 0 Å². The molecule has 6 heteroatoms. The first-order chi connectivity index (χ1) is 9.72. The van der Waals surface area contributed by atoms with E-state index >= 15 is 0 Å². The molecule has 2 N–H and O–H groups in total. The molecule has 0 aromatic rings. The van der Waals surface area contributed by atoms with Crippen molar-refractivity contribution in [1.82, 2.24) is 15.5 Å². The molecule has 2 heterocycles. The number of hydrogen-bond donors (Lipinski definition) is 2. The smallest absolute Gasteiger partial charge is 0.222 e. The van der Waals surface area contributed by atoms with E-state index in [1.165, 1.54) is 0 Å². The fourth-order valence-corrected chi connectivity index (χ4v) is 2.73. The maximum atomic E-state index is 11.7. The van der Waals surface area contributed by atoms with Crippen LogP contribution < -0.4 is 10.6 Å². The summed E-state index contributed by atoms with van der Waals surface area (Å²) in [6.07, 6.45) is 4.13. The molecule has 2 atom stereocenters. The van der Waals surface area contributed by atoms with Gasteiger partial charge in [0.25, 0.3) is 0 Å². The molecule has 20 heavy (non-hydrogen) atoms. The lowest BCUT2D eigenvalue weighted by molar-refractivity contribution is -0.129. The lowest BCUT2D eigenvalue weighted by Crippen LogP contribution is -2.46. The summed E-state index contributed by atoms with van der Waals surface area (Å²) in [5, 5.41) is 6.69. The van der Waals surface area contributed by atoms with Gasteiger partial charge in [-0.2, -0.15) is 0 Å². The first kappa shape index (κ1) is 15.1. The summed E-state index contributed by atoms with van der Waals surface area (Å²) in [5.74, 6) is 1.04. The van der Waals surface area contributed by atoms with Gasteiger partial charge in [0.1, 0.15) is 0 Å². The van der Waals surface area contributed by atoms with Crippen molar-refractivity contribution in [3.63, 3.8) is 0 Å². The standard InChI is InChI=1S/C14H26N4O2/c1-3-13(19)18-7-6-11(10-18)17-14(15-2)16-9-12-5-4-8-20-12/h11-12H,3-10H2,1-2H3,(H2,15,16,17). The maximum Gasteiger partial charge on any atom is 0.222 e. The summed E-state index contributed by atoms with van der Waals surface area (Å²) < 4.78 is 5.58. The van der Waals surface area contributed by atoms with Crippen molar-refractivity contribution in [3.8, 4) is 0 Å². The summed E-state index contributed by atoms with van der Waals surface area (Å²) in [6.45, 7) is 5.19. The SMILES string of the molecule is CCC(=O)N1CCC(NC(=NC)NCC2CCCO2)C1. The third-order valence-corrected chi connectivity index (χ3v) is 3.93.